The van der Waals surface area contributed by atoms with E-state index in [4.69, 9.17) is 4.74 Å². The van der Waals surface area contributed by atoms with E-state index < -0.39 is 0 Å². The molecule has 0 radical (unpaired) electrons. The van der Waals surface area contributed by atoms with Crippen LogP contribution in [0.1, 0.15) is 16.5 Å². The average Bonchev–Trinajstić information content (AvgIpc) is 3.04. The minimum absolute atomic E-state index is 0.0803. The summed E-state index contributed by atoms with van der Waals surface area (Å²) in [7, 11) is 1.60. The fourth-order valence-corrected chi connectivity index (χ4v) is 3.72. The Balaban J connectivity index is 2.07. The molecule has 3 rings (SSSR count). The van der Waals surface area contributed by atoms with Crippen LogP contribution in [0.5, 0.6) is 5.75 Å². The van der Waals surface area contributed by atoms with Gasteiger partial charge in [0, 0.05) is 31.1 Å². The molecule has 0 aliphatic carbocycles. The predicted octanol–water partition coefficient (Wildman–Crippen LogP) is 2.89. The van der Waals surface area contributed by atoms with Gasteiger partial charge < -0.3 is 10.1 Å². The first-order valence-corrected chi connectivity index (χ1v) is 8.00. The largest absolute Gasteiger partial charge is 0.496 e. The van der Waals surface area contributed by atoms with Crippen LogP contribution in [0.2, 0.25) is 0 Å². The molecule has 0 amide bonds. The van der Waals surface area contributed by atoms with Crippen LogP contribution in [-0.2, 0) is 0 Å². The molecule has 2 aromatic rings. The highest BCUT2D eigenvalue weighted by Gasteiger charge is 2.29. The van der Waals surface area contributed by atoms with E-state index in [2.05, 4.69) is 16.3 Å². The van der Waals surface area contributed by atoms with Gasteiger partial charge in [0.25, 0.3) is 0 Å². The average molecular weight is 306 g/mol. The Morgan fingerprint density at radius 1 is 1.24 bits per heavy atom. The summed E-state index contributed by atoms with van der Waals surface area (Å²) in [6.07, 6.45) is 0. The van der Waals surface area contributed by atoms with Crippen LogP contribution in [-0.4, -0.2) is 38.2 Å². The van der Waals surface area contributed by atoms with Crippen molar-refractivity contribution in [2.24, 2.45) is 0 Å². The molecule has 0 spiro atoms. The molecule has 1 fully saturated rings. The van der Waals surface area contributed by atoms with E-state index in [1.165, 1.54) is 6.07 Å². The molecule has 112 valence electrons. The fraction of sp³-hybridized carbons (Fsp3) is 0.375. The number of methoxy groups -OCH3 is 1. The molecule has 1 atom stereocenters. The SMILES string of the molecule is COc1cccc(F)c1[C@H](c1cccs1)N1CCNCC1. The Hall–Kier alpha value is -1.43. The molecule has 5 heteroatoms. The van der Waals surface area contributed by atoms with Crippen LogP contribution in [0.4, 0.5) is 4.39 Å². The number of thiophene rings is 1. The lowest BCUT2D eigenvalue weighted by Gasteiger charge is -2.35. The van der Waals surface area contributed by atoms with E-state index in [0.717, 1.165) is 31.1 Å². The summed E-state index contributed by atoms with van der Waals surface area (Å²) in [5.41, 5.74) is 0.643. The molecule has 1 aromatic carbocycles. The minimum atomic E-state index is -0.203. The summed E-state index contributed by atoms with van der Waals surface area (Å²) in [6, 6.07) is 9.05. The van der Waals surface area contributed by atoms with Crippen LogP contribution in [0.25, 0.3) is 0 Å². The summed E-state index contributed by atoms with van der Waals surface area (Å²) < 4.78 is 19.9. The zero-order valence-corrected chi connectivity index (χ0v) is 12.8. The van der Waals surface area contributed by atoms with Gasteiger partial charge in [0.15, 0.2) is 0 Å². The van der Waals surface area contributed by atoms with Gasteiger partial charge in [-0.1, -0.05) is 12.1 Å². The normalized spacial score (nSPS) is 17.6. The Labute approximate surface area is 128 Å². The van der Waals surface area contributed by atoms with E-state index in [9.17, 15) is 4.39 Å². The molecule has 1 saturated heterocycles. The quantitative estimate of drug-likeness (QED) is 0.940. The van der Waals surface area contributed by atoms with E-state index in [1.54, 1.807) is 24.5 Å². The second-order valence-corrected chi connectivity index (χ2v) is 6.04. The van der Waals surface area contributed by atoms with Gasteiger partial charge in [-0.2, -0.15) is 0 Å². The van der Waals surface area contributed by atoms with Gasteiger partial charge in [0.1, 0.15) is 11.6 Å². The second kappa shape index (κ2) is 6.56. The molecule has 21 heavy (non-hydrogen) atoms. The van der Waals surface area contributed by atoms with Crippen molar-refractivity contribution in [1.29, 1.82) is 0 Å². The van der Waals surface area contributed by atoms with Gasteiger partial charge in [-0.25, -0.2) is 4.39 Å². The first kappa shape index (κ1) is 14.5. The Kier molecular flexibility index (Phi) is 4.53. The zero-order chi connectivity index (χ0) is 14.7. The van der Waals surface area contributed by atoms with E-state index >= 15 is 0 Å². The molecule has 0 saturated carbocycles. The number of benzene rings is 1. The summed E-state index contributed by atoms with van der Waals surface area (Å²) in [4.78, 5) is 3.48. The van der Waals surface area contributed by atoms with Crippen molar-refractivity contribution in [2.75, 3.05) is 33.3 Å². The third kappa shape index (κ3) is 2.95. The van der Waals surface area contributed by atoms with Gasteiger partial charge in [-0.15, -0.1) is 11.3 Å². The molecule has 1 aliphatic rings. The van der Waals surface area contributed by atoms with E-state index in [1.807, 2.05) is 17.5 Å². The topological polar surface area (TPSA) is 24.5 Å². The van der Waals surface area contributed by atoms with Gasteiger partial charge in [0.2, 0.25) is 0 Å². The van der Waals surface area contributed by atoms with Crippen molar-refractivity contribution in [2.45, 2.75) is 6.04 Å². The summed E-state index contributed by atoms with van der Waals surface area (Å²) in [5, 5.41) is 5.39. The Bertz CT molecular complexity index is 582. The number of halogens is 1. The minimum Gasteiger partial charge on any atom is -0.496 e. The van der Waals surface area contributed by atoms with E-state index in [-0.39, 0.29) is 11.9 Å². The van der Waals surface area contributed by atoms with Crippen molar-refractivity contribution in [3.63, 3.8) is 0 Å². The smallest absolute Gasteiger partial charge is 0.132 e. The third-order valence-corrected chi connectivity index (χ3v) is 4.76. The molecule has 0 bridgehead atoms. The highest BCUT2D eigenvalue weighted by Crippen LogP contribution is 2.38. The fourth-order valence-electron chi connectivity index (χ4n) is 2.85. The van der Waals surface area contributed by atoms with Crippen molar-refractivity contribution < 1.29 is 9.13 Å². The molecule has 1 aromatic heterocycles. The molecular weight excluding hydrogens is 287 g/mol. The number of nitrogens with one attached hydrogen (secondary N) is 1. The first-order valence-electron chi connectivity index (χ1n) is 7.12. The standard InChI is InChI=1S/C16H19FN2OS/c1-20-13-5-2-4-12(17)15(13)16(14-6-3-11-21-14)19-9-7-18-8-10-19/h2-6,11,16,18H,7-10H2,1H3/t16-/m0/s1. The molecule has 1 N–H and O–H groups in total. The van der Waals surface area contributed by atoms with E-state index in [0.29, 0.717) is 11.3 Å². The number of hydrogen-bond donors (Lipinski definition) is 1. The highest BCUT2D eigenvalue weighted by atomic mass is 32.1. The number of ether oxygens (including phenoxy) is 1. The van der Waals surface area contributed by atoms with Gasteiger partial charge in [-0.3, -0.25) is 4.90 Å². The maximum Gasteiger partial charge on any atom is 0.132 e. The second-order valence-electron chi connectivity index (χ2n) is 5.06. The summed E-state index contributed by atoms with van der Waals surface area (Å²) in [5.74, 6) is 0.415. The van der Waals surface area contributed by atoms with Gasteiger partial charge >= 0.3 is 0 Å². The molecule has 1 aliphatic heterocycles. The number of piperazine rings is 1. The number of nitrogens with zero attached hydrogens (tertiary/aromatic N) is 1. The summed E-state index contributed by atoms with van der Waals surface area (Å²) >= 11 is 1.66. The van der Waals surface area contributed by atoms with Crippen LogP contribution in [0.3, 0.4) is 0 Å². The van der Waals surface area contributed by atoms with Crippen LogP contribution in [0, 0.1) is 5.82 Å². The Morgan fingerprint density at radius 3 is 2.71 bits per heavy atom. The number of hydrogen-bond acceptors (Lipinski definition) is 4. The lowest BCUT2D eigenvalue weighted by Crippen LogP contribution is -2.45. The lowest BCUT2D eigenvalue weighted by atomic mass is 10.0. The highest BCUT2D eigenvalue weighted by molar-refractivity contribution is 7.10. The van der Waals surface area contributed by atoms with Crippen molar-refractivity contribution in [3.05, 3.63) is 52.0 Å². The van der Waals surface area contributed by atoms with Crippen molar-refractivity contribution in [3.8, 4) is 5.75 Å². The maximum absolute atomic E-state index is 14.5. The zero-order valence-electron chi connectivity index (χ0n) is 12.0. The third-order valence-electron chi connectivity index (χ3n) is 3.84. The molecule has 3 nitrogen and oxygen atoms in total. The van der Waals surface area contributed by atoms with Gasteiger partial charge in [-0.05, 0) is 23.6 Å². The first-order chi connectivity index (χ1) is 10.3. The van der Waals surface area contributed by atoms with Crippen molar-refractivity contribution in [1.82, 2.24) is 10.2 Å². The van der Waals surface area contributed by atoms with Crippen LogP contribution in [0.15, 0.2) is 35.7 Å². The maximum atomic E-state index is 14.5. The monoisotopic (exact) mass is 306 g/mol. The molecule has 0 unspecified atom stereocenters. The number of rotatable bonds is 4. The molecular formula is C16H19FN2OS. The summed E-state index contributed by atoms with van der Waals surface area (Å²) in [6.45, 7) is 3.66. The predicted molar refractivity (Wildman–Crippen MR) is 83.6 cm³/mol. The Morgan fingerprint density at radius 2 is 2.05 bits per heavy atom. The lowest BCUT2D eigenvalue weighted by molar-refractivity contribution is 0.194. The van der Waals surface area contributed by atoms with Crippen molar-refractivity contribution >= 4 is 11.3 Å². The van der Waals surface area contributed by atoms with Gasteiger partial charge in [0.05, 0.1) is 18.7 Å². The molecule has 2 heterocycles. The van der Waals surface area contributed by atoms with Crippen LogP contribution < -0.4 is 10.1 Å². The van der Waals surface area contributed by atoms with Crippen LogP contribution >= 0.6 is 11.3 Å².